The number of rotatable bonds is 5. The highest BCUT2D eigenvalue weighted by Crippen LogP contribution is 2.22. The number of amides is 1. The van der Waals surface area contributed by atoms with Gasteiger partial charge in [-0.15, -0.1) is 0 Å². The highest BCUT2D eigenvalue weighted by Gasteiger charge is 2.21. The normalized spacial score (nSPS) is 10.3. The van der Waals surface area contributed by atoms with E-state index < -0.39 is 35.8 Å². The number of phenolic OH excluding ortho intramolecular Hbond substituents is 1. The average molecular weight is 273 g/mol. The Bertz CT molecular complexity index is 481. The number of carboxylic acids is 1. The Labute approximate surface area is 108 Å². The summed E-state index contributed by atoms with van der Waals surface area (Å²) in [6.07, 6.45) is 0.502. The minimum absolute atomic E-state index is 0.148. The Hall–Kier alpha value is -2.18. The van der Waals surface area contributed by atoms with E-state index in [1.54, 1.807) is 6.92 Å². The highest BCUT2D eigenvalue weighted by molar-refractivity contribution is 5.96. The Morgan fingerprint density at radius 3 is 2.21 bits per heavy atom. The van der Waals surface area contributed by atoms with Gasteiger partial charge in [0, 0.05) is 12.1 Å². The largest absolute Gasteiger partial charge is 0.503 e. The summed E-state index contributed by atoms with van der Waals surface area (Å²) in [7, 11) is 0. The van der Waals surface area contributed by atoms with E-state index in [1.165, 1.54) is 0 Å². The lowest BCUT2D eigenvalue weighted by Crippen LogP contribution is -2.36. The van der Waals surface area contributed by atoms with Gasteiger partial charge in [-0.05, 0) is 18.6 Å². The van der Waals surface area contributed by atoms with Gasteiger partial charge in [0.15, 0.2) is 17.4 Å². The number of halogens is 2. The van der Waals surface area contributed by atoms with Crippen molar-refractivity contribution in [3.63, 3.8) is 0 Å². The van der Waals surface area contributed by atoms with Crippen LogP contribution in [-0.2, 0) is 4.79 Å². The standard InChI is InChI=1S/C12H13F2NO4/c1-2-3-15(6-10(16)17)12(19)7-4-8(13)11(18)9(14)5-7/h4-5,18H,2-3,6H2,1H3,(H,16,17). The predicted molar refractivity (Wildman–Crippen MR) is 61.9 cm³/mol. The molecule has 0 radical (unpaired) electrons. The number of hydrogen-bond acceptors (Lipinski definition) is 3. The minimum atomic E-state index is -1.27. The Morgan fingerprint density at radius 2 is 1.79 bits per heavy atom. The van der Waals surface area contributed by atoms with Crippen LogP contribution in [0.1, 0.15) is 23.7 Å². The summed E-state index contributed by atoms with van der Waals surface area (Å²) < 4.78 is 26.3. The zero-order valence-corrected chi connectivity index (χ0v) is 10.2. The van der Waals surface area contributed by atoms with Crippen LogP contribution in [0.3, 0.4) is 0 Å². The molecule has 2 N–H and O–H groups in total. The van der Waals surface area contributed by atoms with Crippen molar-refractivity contribution in [1.29, 1.82) is 0 Å². The van der Waals surface area contributed by atoms with Crippen LogP contribution in [0.4, 0.5) is 8.78 Å². The summed E-state index contributed by atoms with van der Waals surface area (Å²) in [6, 6.07) is 1.34. The molecule has 0 heterocycles. The van der Waals surface area contributed by atoms with Gasteiger partial charge in [-0.2, -0.15) is 0 Å². The molecule has 0 fully saturated rings. The quantitative estimate of drug-likeness (QED) is 0.854. The number of nitrogens with zero attached hydrogens (tertiary/aromatic N) is 1. The molecule has 1 aromatic rings. The first-order chi connectivity index (χ1) is 8.86. The summed E-state index contributed by atoms with van der Waals surface area (Å²) >= 11 is 0. The zero-order valence-electron chi connectivity index (χ0n) is 10.2. The summed E-state index contributed by atoms with van der Waals surface area (Å²) in [4.78, 5) is 23.5. The summed E-state index contributed by atoms with van der Waals surface area (Å²) in [5, 5.41) is 17.6. The lowest BCUT2D eigenvalue weighted by Gasteiger charge is -2.20. The molecule has 0 unspecified atom stereocenters. The molecule has 7 heteroatoms. The first-order valence-electron chi connectivity index (χ1n) is 5.55. The van der Waals surface area contributed by atoms with Crippen LogP contribution in [0.25, 0.3) is 0 Å². The first-order valence-corrected chi connectivity index (χ1v) is 5.55. The number of aliphatic carboxylic acids is 1. The highest BCUT2D eigenvalue weighted by atomic mass is 19.1. The molecule has 0 bridgehead atoms. The van der Waals surface area contributed by atoms with E-state index in [4.69, 9.17) is 10.2 Å². The number of aromatic hydroxyl groups is 1. The monoisotopic (exact) mass is 273 g/mol. The van der Waals surface area contributed by atoms with Crippen molar-refractivity contribution in [1.82, 2.24) is 4.90 Å². The Morgan fingerprint density at radius 1 is 1.26 bits per heavy atom. The molecule has 5 nitrogen and oxygen atoms in total. The van der Waals surface area contributed by atoms with Crippen molar-refractivity contribution in [3.05, 3.63) is 29.3 Å². The number of benzene rings is 1. The van der Waals surface area contributed by atoms with Crippen LogP contribution in [0.5, 0.6) is 5.75 Å². The minimum Gasteiger partial charge on any atom is -0.503 e. The van der Waals surface area contributed by atoms with Crippen LogP contribution in [-0.4, -0.2) is 40.1 Å². The Balaban J connectivity index is 3.05. The van der Waals surface area contributed by atoms with Gasteiger partial charge in [-0.25, -0.2) is 8.78 Å². The molecule has 1 aromatic carbocycles. The zero-order chi connectivity index (χ0) is 14.6. The van der Waals surface area contributed by atoms with E-state index in [0.29, 0.717) is 18.6 Å². The van der Waals surface area contributed by atoms with E-state index >= 15 is 0 Å². The van der Waals surface area contributed by atoms with Crippen molar-refractivity contribution < 1.29 is 28.6 Å². The summed E-state index contributed by atoms with van der Waals surface area (Å²) in [5.74, 6) is -5.73. The molecule has 0 aliphatic rings. The topological polar surface area (TPSA) is 77.8 Å². The third kappa shape index (κ3) is 3.64. The molecular formula is C12H13F2NO4. The smallest absolute Gasteiger partial charge is 0.323 e. The van der Waals surface area contributed by atoms with E-state index in [-0.39, 0.29) is 12.1 Å². The van der Waals surface area contributed by atoms with E-state index in [2.05, 4.69) is 0 Å². The number of hydrogen-bond donors (Lipinski definition) is 2. The molecule has 0 aliphatic carbocycles. The van der Waals surface area contributed by atoms with Crippen LogP contribution in [0.15, 0.2) is 12.1 Å². The maximum absolute atomic E-state index is 13.1. The van der Waals surface area contributed by atoms with Crippen molar-refractivity contribution in [3.8, 4) is 5.75 Å². The number of phenols is 1. The van der Waals surface area contributed by atoms with E-state index in [1.807, 2.05) is 0 Å². The first kappa shape index (κ1) is 14.9. The van der Waals surface area contributed by atoms with Gasteiger partial charge in [0.05, 0.1) is 0 Å². The van der Waals surface area contributed by atoms with Gasteiger partial charge in [-0.1, -0.05) is 6.92 Å². The number of carbonyl (C=O) groups is 2. The van der Waals surface area contributed by atoms with Gasteiger partial charge >= 0.3 is 5.97 Å². The summed E-state index contributed by atoms with van der Waals surface area (Å²) in [5.41, 5.74) is -0.345. The van der Waals surface area contributed by atoms with Crippen molar-refractivity contribution in [2.24, 2.45) is 0 Å². The molecule has 104 valence electrons. The molecule has 0 aliphatic heterocycles. The maximum Gasteiger partial charge on any atom is 0.323 e. The van der Waals surface area contributed by atoms with E-state index in [9.17, 15) is 18.4 Å². The van der Waals surface area contributed by atoms with Crippen LogP contribution < -0.4 is 0 Å². The molecular weight excluding hydrogens is 260 g/mol. The second-order valence-electron chi connectivity index (χ2n) is 3.91. The van der Waals surface area contributed by atoms with Crippen LogP contribution in [0, 0.1) is 11.6 Å². The van der Waals surface area contributed by atoms with Crippen LogP contribution in [0.2, 0.25) is 0 Å². The summed E-state index contributed by atoms with van der Waals surface area (Å²) in [6.45, 7) is 1.33. The molecule has 19 heavy (non-hydrogen) atoms. The van der Waals surface area contributed by atoms with Crippen LogP contribution >= 0.6 is 0 Å². The number of carboxylic acid groups (broad SMARTS) is 1. The predicted octanol–water partition coefficient (Wildman–Crippen LogP) is 1.61. The van der Waals surface area contributed by atoms with Crippen molar-refractivity contribution in [2.75, 3.05) is 13.1 Å². The third-order valence-corrected chi connectivity index (χ3v) is 2.37. The van der Waals surface area contributed by atoms with Gasteiger partial charge in [0.25, 0.3) is 5.91 Å². The fourth-order valence-electron chi connectivity index (χ4n) is 1.56. The molecule has 0 atom stereocenters. The second kappa shape index (κ2) is 6.12. The molecule has 1 amide bonds. The third-order valence-electron chi connectivity index (χ3n) is 2.37. The lowest BCUT2D eigenvalue weighted by molar-refractivity contribution is -0.137. The fourth-order valence-corrected chi connectivity index (χ4v) is 1.56. The molecule has 0 saturated heterocycles. The molecule has 0 saturated carbocycles. The van der Waals surface area contributed by atoms with Crippen molar-refractivity contribution in [2.45, 2.75) is 13.3 Å². The molecule has 0 spiro atoms. The number of carbonyl (C=O) groups excluding carboxylic acids is 1. The fraction of sp³-hybridized carbons (Fsp3) is 0.333. The van der Waals surface area contributed by atoms with Gasteiger partial charge in [0.1, 0.15) is 6.54 Å². The van der Waals surface area contributed by atoms with Gasteiger partial charge < -0.3 is 15.1 Å². The SMILES string of the molecule is CCCN(CC(=O)O)C(=O)c1cc(F)c(O)c(F)c1. The van der Waals surface area contributed by atoms with Gasteiger partial charge in [0.2, 0.25) is 0 Å². The molecule has 0 aromatic heterocycles. The maximum atomic E-state index is 13.1. The second-order valence-corrected chi connectivity index (χ2v) is 3.91. The van der Waals surface area contributed by atoms with E-state index in [0.717, 1.165) is 4.90 Å². The Kier molecular flexibility index (Phi) is 4.80. The van der Waals surface area contributed by atoms with Crippen molar-refractivity contribution >= 4 is 11.9 Å². The average Bonchev–Trinajstić information content (AvgIpc) is 2.33. The van der Waals surface area contributed by atoms with Gasteiger partial charge in [-0.3, -0.25) is 9.59 Å². The lowest BCUT2D eigenvalue weighted by atomic mass is 10.1. The molecule has 1 rings (SSSR count).